The van der Waals surface area contributed by atoms with E-state index in [0.717, 1.165) is 30.4 Å². The zero-order valence-electron chi connectivity index (χ0n) is 8.64. The Kier molecular flexibility index (Phi) is 3.15. The second-order valence-electron chi connectivity index (χ2n) is 3.22. The molecule has 5 nitrogen and oxygen atoms in total. The molecule has 2 rings (SSSR count). The van der Waals surface area contributed by atoms with Crippen LogP contribution in [0.5, 0.6) is 5.88 Å². The maximum atomic E-state index is 5.93. The van der Waals surface area contributed by atoms with Crippen molar-refractivity contribution in [2.24, 2.45) is 0 Å². The van der Waals surface area contributed by atoms with E-state index in [1.54, 1.807) is 7.11 Å². The smallest absolute Gasteiger partial charge is 0.242 e. The lowest BCUT2D eigenvalue weighted by Crippen LogP contribution is -2.33. The normalized spacial score (nSPS) is 16.5. The summed E-state index contributed by atoms with van der Waals surface area (Å²) in [6, 6.07) is 0. The number of hydrogen-bond donors (Lipinski definition) is 1. The van der Waals surface area contributed by atoms with Gasteiger partial charge < -0.3 is 15.4 Å². The molecule has 1 aromatic rings. The van der Waals surface area contributed by atoms with Crippen LogP contribution < -0.4 is 15.4 Å². The van der Waals surface area contributed by atoms with Crippen LogP contribution in [0.4, 0.5) is 11.5 Å². The highest BCUT2D eigenvalue weighted by Crippen LogP contribution is 2.28. The monoisotopic (exact) mass is 226 g/mol. The Balaban J connectivity index is 2.26. The van der Waals surface area contributed by atoms with Crippen molar-refractivity contribution in [2.75, 3.05) is 42.3 Å². The van der Waals surface area contributed by atoms with Gasteiger partial charge in [0.05, 0.1) is 7.11 Å². The molecule has 0 saturated carbocycles. The summed E-state index contributed by atoms with van der Waals surface area (Å²) in [6.45, 7) is 1.96. The molecule has 15 heavy (non-hydrogen) atoms. The van der Waals surface area contributed by atoms with Crippen molar-refractivity contribution in [1.82, 2.24) is 9.97 Å². The number of ether oxygens (including phenoxy) is 1. The molecule has 0 atom stereocenters. The molecule has 2 N–H and O–H groups in total. The third-order valence-corrected chi connectivity index (χ3v) is 3.27. The van der Waals surface area contributed by atoms with Crippen molar-refractivity contribution in [3.63, 3.8) is 0 Å². The Morgan fingerprint density at radius 3 is 2.80 bits per heavy atom. The zero-order chi connectivity index (χ0) is 10.7. The fourth-order valence-electron chi connectivity index (χ4n) is 1.56. The predicted octanol–water partition coefficient (Wildman–Crippen LogP) is 0.621. The predicted molar refractivity (Wildman–Crippen MR) is 62.5 cm³/mol. The maximum absolute atomic E-state index is 5.93. The van der Waals surface area contributed by atoms with E-state index in [9.17, 15) is 0 Å². The van der Waals surface area contributed by atoms with Gasteiger partial charge in [0.1, 0.15) is 12.0 Å². The largest absolute Gasteiger partial charge is 0.479 e. The molecule has 2 heterocycles. The van der Waals surface area contributed by atoms with Crippen molar-refractivity contribution in [2.45, 2.75) is 0 Å². The topological polar surface area (TPSA) is 64.3 Å². The number of rotatable bonds is 2. The number of anilines is 2. The van der Waals surface area contributed by atoms with Crippen LogP contribution in [0.15, 0.2) is 6.33 Å². The van der Waals surface area contributed by atoms with Gasteiger partial charge in [-0.1, -0.05) is 0 Å². The Morgan fingerprint density at radius 2 is 2.13 bits per heavy atom. The summed E-state index contributed by atoms with van der Waals surface area (Å²) in [6.07, 6.45) is 1.49. The third-order valence-electron chi connectivity index (χ3n) is 2.33. The van der Waals surface area contributed by atoms with Crippen LogP contribution in [-0.2, 0) is 0 Å². The van der Waals surface area contributed by atoms with E-state index in [4.69, 9.17) is 10.5 Å². The van der Waals surface area contributed by atoms with Crippen molar-refractivity contribution in [1.29, 1.82) is 0 Å². The first kappa shape index (κ1) is 10.4. The molecule has 0 aromatic carbocycles. The lowest BCUT2D eigenvalue weighted by molar-refractivity contribution is 0.399. The van der Waals surface area contributed by atoms with Crippen LogP contribution in [0.1, 0.15) is 0 Å². The lowest BCUT2D eigenvalue weighted by atomic mass is 10.4. The van der Waals surface area contributed by atoms with Crippen LogP contribution in [0.25, 0.3) is 0 Å². The van der Waals surface area contributed by atoms with Gasteiger partial charge in [-0.25, -0.2) is 4.98 Å². The molecule has 1 aromatic heterocycles. The number of nitrogens with two attached hydrogens (primary N) is 1. The van der Waals surface area contributed by atoms with Gasteiger partial charge in [0.25, 0.3) is 0 Å². The van der Waals surface area contributed by atoms with Gasteiger partial charge in [-0.2, -0.15) is 16.7 Å². The zero-order valence-corrected chi connectivity index (χ0v) is 9.46. The SMILES string of the molecule is COc1ncnc(N2CCSCC2)c1N. The Bertz CT molecular complexity index is 341. The van der Waals surface area contributed by atoms with E-state index < -0.39 is 0 Å². The highest BCUT2D eigenvalue weighted by Gasteiger charge is 2.17. The molecular formula is C9H14N4OS. The number of hydrogen-bond acceptors (Lipinski definition) is 6. The first-order valence-corrected chi connectivity index (χ1v) is 5.95. The summed E-state index contributed by atoms with van der Waals surface area (Å²) in [7, 11) is 1.56. The van der Waals surface area contributed by atoms with E-state index in [1.807, 2.05) is 11.8 Å². The molecule has 0 spiro atoms. The van der Waals surface area contributed by atoms with Gasteiger partial charge in [0.2, 0.25) is 5.88 Å². The summed E-state index contributed by atoms with van der Waals surface area (Å²) in [5, 5.41) is 0. The van der Waals surface area contributed by atoms with E-state index in [2.05, 4.69) is 14.9 Å². The summed E-state index contributed by atoms with van der Waals surface area (Å²) in [5.41, 5.74) is 6.46. The fraction of sp³-hybridized carbons (Fsp3) is 0.556. The Hall–Kier alpha value is -1.17. The third kappa shape index (κ3) is 2.09. The number of thioether (sulfide) groups is 1. The summed E-state index contributed by atoms with van der Waals surface area (Å²) >= 11 is 1.95. The van der Waals surface area contributed by atoms with Crippen LogP contribution in [0.3, 0.4) is 0 Å². The van der Waals surface area contributed by atoms with Gasteiger partial charge in [0.15, 0.2) is 5.82 Å². The first-order chi connectivity index (χ1) is 7.33. The Morgan fingerprint density at radius 1 is 1.40 bits per heavy atom. The number of aromatic nitrogens is 2. The minimum atomic E-state index is 0.457. The van der Waals surface area contributed by atoms with Gasteiger partial charge in [-0.05, 0) is 0 Å². The average Bonchev–Trinajstić information content (AvgIpc) is 2.30. The number of methoxy groups -OCH3 is 1. The minimum absolute atomic E-state index is 0.457. The van der Waals surface area contributed by atoms with Crippen molar-refractivity contribution in [3.8, 4) is 5.88 Å². The quantitative estimate of drug-likeness (QED) is 0.797. The van der Waals surface area contributed by atoms with E-state index >= 15 is 0 Å². The molecule has 82 valence electrons. The number of nitrogens with zero attached hydrogens (tertiary/aromatic N) is 3. The molecule has 1 aliphatic rings. The molecule has 6 heteroatoms. The Labute approximate surface area is 93.0 Å². The number of nitrogen functional groups attached to an aromatic ring is 1. The standard InChI is InChI=1S/C9H14N4OS/c1-14-9-7(10)8(11-6-12-9)13-2-4-15-5-3-13/h6H,2-5,10H2,1H3. The molecule has 0 radical (unpaired) electrons. The van der Waals surface area contributed by atoms with E-state index in [-0.39, 0.29) is 0 Å². The molecule has 1 aliphatic heterocycles. The lowest BCUT2D eigenvalue weighted by Gasteiger charge is -2.28. The molecule has 0 aliphatic carbocycles. The van der Waals surface area contributed by atoms with Crippen molar-refractivity contribution >= 4 is 23.3 Å². The molecule has 0 bridgehead atoms. The molecule has 1 saturated heterocycles. The van der Waals surface area contributed by atoms with Crippen LogP contribution in [0, 0.1) is 0 Å². The summed E-state index contributed by atoms with van der Waals surface area (Å²) in [4.78, 5) is 10.3. The maximum Gasteiger partial charge on any atom is 0.242 e. The fourth-order valence-corrected chi connectivity index (χ4v) is 2.46. The second-order valence-corrected chi connectivity index (χ2v) is 4.44. The van der Waals surface area contributed by atoms with Gasteiger partial charge in [-0.3, -0.25) is 0 Å². The van der Waals surface area contributed by atoms with Crippen molar-refractivity contribution < 1.29 is 4.74 Å². The second kappa shape index (κ2) is 4.57. The van der Waals surface area contributed by atoms with Gasteiger partial charge in [0, 0.05) is 24.6 Å². The molecule has 1 fully saturated rings. The molecular weight excluding hydrogens is 212 g/mol. The van der Waals surface area contributed by atoms with Crippen LogP contribution >= 0.6 is 11.8 Å². The molecule has 0 unspecified atom stereocenters. The highest BCUT2D eigenvalue weighted by molar-refractivity contribution is 7.99. The highest BCUT2D eigenvalue weighted by atomic mass is 32.2. The van der Waals surface area contributed by atoms with Gasteiger partial charge >= 0.3 is 0 Å². The first-order valence-electron chi connectivity index (χ1n) is 4.80. The average molecular weight is 226 g/mol. The van der Waals surface area contributed by atoms with Crippen molar-refractivity contribution in [3.05, 3.63) is 6.33 Å². The minimum Gasteiger partial charge on any atom is -0.479 e. The van der Waals surface area contributed by atoms with Gasteiger partial charge in [-0.15, -0.1) is 0 Å². The molecule has 0 amide bonds. The van der Waals surface area contributed by atoms with E-state index in [1.165, 1.54) is 6.33 Å². The summed E-state index contributed by atoms with van der Waals surface area (Å²) in [5.74, 6) is 3.48. The van der Waals surface area contributed by atoms with Crippen LogP contribution in [0.2, 0.25) is 0 Å². The van der Waals surface area contributed by atoms with Crippen LogP contribution in [-0.4, -0.2) is 41.7 Å². The summed E-state index contributed by atoms with van der Waals surface area (Å²) < 4.78 is 5.07. The van der Waals surface area contributed by atoms with E-state index in [0.29, 0.717) is 11.6 Å².